The zero-order chi connectivity index (χ0) is 13.2. The van der Waals surface area contributed by atoms with Crippen LogP contribution in [-0.2, 0) is 12.8 Å². The number of rotatable bonds is 4. The summed E-state index contributed by atoms with van der Waals surface area (Å²) in [6, 6.07) is 7.34. The normalized spacial score (nSPS) is 17.3. The molecule has 2 rings (SSSR count). The Balaban J connectivity index is 2.04. The Bertz CT molecular complexity index is 404. The van der Waals surface area contributed by atoms with Gasteiger partial charge in [0.05, 0.1) is 0 Å². The lowest BCUT2D eigenvalue weighted by molar-refractivity contribution is 0.434. The molecule has 18 heavy (non-hydrogen) atoms. The third-order valence-corrected chi connectivity index (χ3v) is 3.74. The van der Waals surface area contributed by atoms with Crippen LogP contribution in [0.1, 0.15) is 56.3 Å². The topological polar surface area (TPSA) is 38.0 Å². The molecule has 0 heterocycles. The molecule has 0 radical (unpaired) electrons. The Morgan fingerprint density at radius 1 is 1.22 bits per heavy atom. The summed E-state index contributed by atoms with van der Waals surface area (Å²) < 4.78 is 0. The number of benzene rings is 1. The van der Waals surface area contributed by atoms with E-state index in [0.29, 0.717) is 6.04 Å². The van der Waals surface area contributed by atoms with E-state index in [1.165, 1.54) is 31.2 Å². The van der Waals surface area contributed by atoms with Crippen molar-refractivity contribution in [3.63, 3.8) is 0 Å². The van der Waals surface area contributed by atoms with Crippen LogP contribution in [0.2, 0.25) is 0 Å². The zero-order valence-electron chi connectivity index (χ0n) is 11.9. The second-order valence-electron chi connectivity index (χ2n) is 6.33. The average Bonchev–Trinajstić information content (AvgIpc) is 2.34. The van der Waals surface area contributed by atoms with Gasteiger partial charge < -0.3 is 11.1 Å². The molecular weight excluding hydrogens is 220 g/mol. The summed E-state index contributed by atoms with van der Waals surface area (Å²) in [6.07, 6.45) is 5.20. The Labute approximate surface area is 111 Å². The van der Waals surface area contributed by atoms with Crippen molar-refractivity contribution in [1.29, 1.82) is 0 Å². The van der Waals surface area contributed by atoms with Gasteiger partial charge in [-0.3, -0.25) is 0 Å². The summed E-state index contributed by atoms with van der Waals surface area (Å²) in [6.45, 7) is 7.17. The summed E-state index contributed by atoms with van der Waals surface area (Å²) in [7, 11) is 0. The minimum absolute atomic E-state index is 0.150. The Kier molecular flexibility index (Phi) is 4.08. The smallest absolute Gasteiger partial charge is 0.0292 e. The summed E-state index contributed by atoms with van der Waals surface area (Å²) in [5.74, 6) is 0. The highest BCUT2D eigenvalue weighted by Crippen LogP contribution is 2.24. The standard InChI is InChI=1S/C16H26N2/c1-12(18-11-16(2,3)17)14-9-8-13-6-4-5-7-15(13)10-14/h8-10,12,18H,4-7,11,17H2,1-3H3. The van der Waals surface area contributed by atoms with E-state index in [9.17, 15) is 0 Å². The molecule has 3 N–H and O–H groups in total. The van der Waals surface area contributed by atoms with E-state index < -0.39 is 0 Å². The van der Waals surface area contributed by atoms with Crippen LogP contribution in [0.4, 0.5) is 0 Å². The van der Waals surface area contributed by atoms with Gasteiger partial charge in [-0.1, -0.05) is 18.2 Å². The first-order chi connectivity index (χ1) is 8.46. The summed E-state index contributed by atoms with van der Waals surface area (Å²) in [5, 5.41) is 3.52. The van der Waals surface area contributed by atoms with Gasteiger partial charge in [-0.25, -0.2) is 0 Å². The van der Waals surface area contributed by atoms with Crippen LogP contribution in [0.15, 0.2) is 18.2 Å². The van der Waals surface area contributed by atoms with Crippen LogP contribution >= 0.6 is 0 Å². The first-order valence-electron chi connectivity index (χ1n) is 7.10. The summed E-state index contributed by atoms with van der Waals surface area (Å²) in [5.41, 5.74) is 10.4. The van der Waals surface area contributed by atoms with Crippen molar-refractivity contribution in [2.45, 2.75) is 58.0 Å². The van der Waals surface area contributed by atoms with Crippen LogP contribution in [0.5, 0.6) is 0 Å². The van der Waals surface area contributed by atoms with Gasteiger partial charge in [-0.2, -0.15) is 0 Å². The maximum absolute atomic E-state index is 6.01. The molecular formula is C16H26N2. The lowest BCUT2D eigenvalue weighted by Crippen LogP contribution is -2.43. The predicted molar refractivity (Wildman–Crippen MR) is 77.8 cm³/mol. The molecule has 0 spiro atoms. The molecule has 0 fully saturated rings. The van der Waals surface area contributed by atoms with E-state index in [4.69, 9.17) is 5.73 Å². The minimum Gasteiger partial charge on any atom is -0.324 e. The van der Waals surface area contributed by atoms with Gasteiger partial charge in [0, 0.05) is 18.1 Å². The predicted octanol–water partition coefficient (Wildman–Crippen LogP) is 2.95. The number of fused-ring (bicyclic) bond motifs is 1. The molecule has 0 aliphatic heterocycles. The SMILES string of the molecule is CC(NCC(C)(C)N)c1ccc2c(c1)CCCC2. The van der Waals surface area contributed by atoms with Crippen molar-refractivity contribution in [3.8, 4) is 0 Å². The van der Waals surface area contributed by atoms with E-state index >= 15 is 0 Å². The zero-order valence-corrected chi connectivity index (χ0v) is 11.9. The molecule has 0 bridgehead atoms. The molecule has 1 aromatic rings. The van der Waals surface area contributed by atoms with Gasteiger partial charge in [0.1, 0.15) is 0 Å². The van der Waals surface area contributed by atoms with Crippen LogP contribution in [0, 0.1) is 0 Å². The molecule has 1 atom stereocenters. The molecule has 1 unspecified atom stereocenters. The van der Waals surface area contributed by atoms with E-state index in [2.05, 4.69) is 44.3 Å². The monoisotopic (exact) mass is 246 g/mol. The number of hydrogen-bond donors (Lipinski definition) is 2. The van der Waals surface area contributed by atoms with Gasteiger partial charge in [0.15, 0.2) is 0 Å². The molecule has 0 aromatic heterocycles. The van der Waals surface area contributed by atoms with Crippen LogP contribution in [-0.4, -0.2) is 12.1 Å². The molecule has 0 saturated heterocycles. The second-order valence-corrected chi connectivity index (χ2v) is 6.33. The second kappa shape index (κ2) is 5.41. The number of hydrogen-bond acceptors (Lipinski definition) is 2. The van der Waals surface area contributed by atoms with Crippen molar-refractivity contribution < 1.29 is 0 Å². The van der Waals surface area contributed by atoms with E-state index in [0.717, 1.165) is 6.54 Å². The van der Waals surface area contributed by atoms with Gasteiger partial charge in [0.25, 0.3) is 0 Å². The molecule has 0 amide bonds. The molecule has 2 nitrogen and oxygen atoms in total. The first kappa shape index (κ1) is 13.6. The Morgan fingerprint density at radius 2 is 1.89 bits per heavy atom. The lowest BCUT2D eigenvalue weighted by Gasteiger charge is -2.24. The fourth-order valence-corrected chi connectivity index (χ4v) is 2.56. The van der Waals surface area contributed by atoms with Crippen molar-refractivity contribution in [1.82, 2.24) is 5.32 Å². The summed E-state index contributed by atoms with van der Waals surface area (Å²) >= 11 is 0. The van der Waals surface area contributed by atoms with Crippen LogP contribution in [0.25, 0.3) is 0 Å². The van der Waals surface area contributed by atoms with Crippen LogP contribution < -0.4 is 11.1 Å². The largest absolute Gasteiger partial charge is 0.324 e. The maximum Gasteiger partial charge on any atom is 0.0292 e. The van der Waals surface area contributed by atoms with Crippen molar-refractivity contribution in [2.24, 2.45) is 5.73 Å². The third-order valence-electron chi connectivity index (χ3n) is 3.74. The quantitative estimate of drug-likeness (QED) is 0.857. The Morgan fingerprint density at radius 3 is 2.56 bits per heavy atom. The van der Waals surface area contributed by atoms with Crippen molar-refractivity contribution in [3.05, 3.63) is 34.9 Å². The highest BCUT2D eigenvalue weighted by molar-refractivity contribution is 5.35. The van der Waals surface area contributed by atoms with E-state index in [1.54, 1.807) is 11.1 Å². The lowest BCUT2D eigenvalue weighted by atomic mass is 9.89. The van der Waals surface area contributed by atoms with Crippen molar-refractivity contribution >= 4 is 0 Å². The van der Waals surface area contributed by atoms with E-state index in [1.807, 2.05) is 0 Å². The van der Waals surface area contributed by atoms with Gasteiger partial charge in [-0.05, 0) is 63.1 Å². The van der Waals surface area contributed by atoms with E-state index in [-0.39, 0.29) is 5.54 Å². The average molecular weight is 246 g/mol. The third kappa shape index (κ3) is 3.56. The highest BCUT2D eigenvalue weighted by atomic mass is 14.9. The maximum atomic E-state index is 6.01. The molecule has 100 valence electrons. The number of nitrogens with one attached hydrogen (secondary N) is 1. The van der Waals surface area contributed by atoms with Gasteiger partial charge in [-0.15, -0.1) is 0 Å². The Hall–Kier alpha value is -0.860. The van der Waals surface area contributed by atoms with Crippen LogP contribution in [0.3, 0.4) is 0 Å². The molecule has 1 aliphatic rings. The van der Waals surface area contributed by atoms with Crippen molar-refractivity contribution in [2.75, 3.05) is 6.54 Å². The molecule has 1 aromatic carbocycles. The van der Waals surface area contributed by atoms with Gasteiger partial charge in [0.2, 0.25) is 0 Å². The minimum atomic E-state index is -0.150. The first-order valence-corrected chi connectivity index (χ1v) is 7.10. The molecule has 2 heteroatoms. The van der Waals surface area contributed by atoms with Gasteiger partial charge >= 0.3 is 0 Å². The fraction of sp³-hybridized carbons (Fsp3) is 0.625. The number of aryl methyl sites for hydroxylation is 2. The highest BCUT2D eigenvalue weighted by Gasteiger charge is 2.15. The summed E-state index contributed by atoms with van der Waals surface area (Å²) in [4.78, 5) is 0. The molecule has 1 aliphatic carbocycles. The number of nitrogens with two attached hydrogens (primary N) is 1. The molecule has 0 saturated carbocycles. The fourth-order valence-electron chi connectivity index (χ4n) is 2.56.